The van der Waals surface area contributed by atoms with Gasteiger partial charge in [0, 0.05) is 16.5 Å². The lowest BCUT2D eigenvalue weighted by molar-refractivity contribution is 0.569. The highest BCUT2D eigenvalue weighted by atomic mass is 35.5. The van der Waals surface area contributed by atoms with E-state index in [-0.39, 0.29) is 22.4 Å². The molecule has 0 fully saturated rings. The molecule has 94 valence electrons. The second-order valence-electron chi connectivity index (χ2n) is 4.52. The van der Waals surface area contributed by atoms with Crippen molar-refractivity contribution in [3.63, 3.8) is 0 Å². The van der Waals surface area contributed by atoms with Crippen molar-refractivity contribution >= 4 is 32.2 Å². The predicted octanol–water partition coefficient (Wildman–Crippen LogP) is 2.00. The maximum atomic E-state index is 12.3. The molecule has 0 saturated carbocycles. The molecule has 2 heterocycles. The van der Waals surface area contributed by atoms with Crippen molar-refractivity contribution in [2.45, 2.75) is 18.0 Å². The Bertz CT molecular complexity index is 823. The van der Waals surface area contributed by atoms with Crippen molar-refractivity contribution in [1.29, 1.82) is 0 Å². The number of benzene rings is 1. The van der Waals surface area contributed by atoms with E-state index >= 15 is 0 Å². The zero-order valence-electron chi connectivity index (χ0n) is 9.55. The Labute approximate surface area is 109 Å². The summed E-state index contributed by atoms with van der Waals surface area (Å²) in [6.07, 6.45) is 0. The Balaban J connectivity index is 2.53. The lowest BCUT2D eigenvalue weighted by Gasteiger charge is -2.08. The Morgan fingerprint density at radius 3 is 2.78 bits per heavy atom. The number of pyridine rings is 1. The molecule has 4 nitrogen and oxygen atoms in total. The average molecular weight is 284 g/mol. The van der Waals surface area contributed by atoms with Gasteiger partial charge in [-0.05, 0) is 30.5 Å². The number of hydrogen-bond acceptors (Lipinski definition) is 3. The number of hydrogen-bond donors (Lipinski definition) is 0. The maximum absolute atomic E-state index is 12.3. The summed E-state index contributed by atoms with van der Waals surface area (Å²) in [5.41, 5.74) is -0.293. The Hall–Kier alpha value is -1.33. The van der Waals surface area contributed by atoms with Crippen LogP contribution in [0.1, 0.15) is 13.0 Å². The van der Waals surface area contributed by atoms with Crippen molar-refractivity contribution in [1.82, 2.24) is 4.57 Å². The van der Waals surface area contributed by atoms with E-state index in [1.807, 2.05) is 0 Å². The first-order valence-corrected chi connectivity index (χ1v) is 7.51. The van der Waals surface area contributed by atoms with Crippen LogP contribution in [0.25, 0.3) is 10.8 Å². The molecule has 1 unspecified atom stereocenters. The fraction of sp³-hybridized carbons (Fsp3) is 0.250. The van der Waals surface area contributed by atoms with Crippen LogP contribution in [-0.2, 0) is 9.84 Å². The van der Waals surface area contributed by atoms with Crippen LogP contribution in [0.2, 0.25) is 5.02 Å². The van der Waals surface area contributed by atoms with Crippen LogP contribution in [0.3, 0.4) is 0 Å². The molecule has 0 spiro atoms. The van der Waals surface area contributed by atoms with Gasteiger partial charge in [-0.1, -0.05) is 17.7 Å². The standard InChI is InChI=1S/C12H10ClNO3S/c1-7-6-18(16,17)11-4-8-2-3-9(13)5-10(8)12(15)14(7)11/h2-5,7H,6H2,1H3. The summed E-state index contributed by atoms with van der Waals surface area (Å²) in [5, 5.41) is 1.63. The largest absolute Gasteiger partial charge is 0.295 e. The Morgan fingerprint density at radius 2 is 2.06 bits per heavy atom. The first-order chi connectivity index (χ1) is 8.40. The number of sulfone groups is 1. The summed E-state index contributed by atoms with van der Waals surface area (Å²) in [7, 11) is -3.35. The molecule has 0 aliphatic carbocycles. The predicted molar refractivity (Wildman–Crippen MR) is 70.0 cm³/mol. The highest BCUT2D eigenvalue weighted by Crippen LogP contribution is 2.28. The number of fused-ring (bicyclic) bond motifs is 2. The number of halogens is 1. The van der Waals surface area contributed by atoms with Gasteiger partial charge in [0.25, 0.3) is 5.56 Å². The van der Waals surface area contributed by atoms with Gasteiger partial charge < -0.3 is 0 Å². The van der Waals surface area contributed by atoms with Crippen molar-refractivity contribution < 1.29 is 8.42 Å². The van der Waals surface area contributed by atoms with Gasteiger partial charge in [0.05, 0.1) is 5.75 Å². The summed E-state index contributed by atoms with van der Waals surface area (Å²) in [5.74, 6) is -0.0215. The third-order valence-corrected chi connectivity index (χ3v) is 5.31. The molecule has 6 heteroatoms. The molecule has 0 N–H and O–H groups in total. The highest BCUT2D eigenvalue weighted by Gasteiger charge is 2.33. The number of rotatable bonds is 0. The van der Waals surface area contributed by atoms with Gasteiger partial charge in [-0.15, -0.1) is 0 Å². The van der Waals surface area contributed by atoms with Crippen LogP contribution in [0.5, 0.6) is 0 Å². The fourth-order valence-electron chi connectivity index (χ4n) is 2.41. The summed E-state index contributed by atoms with van der Waals surface area (Å²) >= 11 is 5.87. The van der Waals surface area contributed by atoms with Crippen molar-refractivity contribution in [3.05, 3.63) is 39.6 Å². The van der Waals surface area contributed by atoms with Gasteiger partial charge in [-0.25, -0.2) is 8.42 Å². The molecule has 1 atom stereocenters. The normalized spacial score (nSPS) is 21.1. The van der Waals surface area contributed by atoms with Crippen molar-refractivity contribution in [2.75, 3.05) is 5.75 Å². The van der Waals surface area contributed by atoms with E-state index in [0.717, 1.165) is 0 Å². The number of aromatic nitrogens is 1. The van der Waals surface area contributed by atoms with E-state index in [0.29, 0.717) is 15.8 Å². The molecular weight excluding hydrogens is 274 g/mol. The summed E-state index contributed by atoms with van der Waals surface area (Å²) in [6, 6.07) is 6.10. The third kappa shape index (κ3) is 1.51. The van der Waals surface area contributed by atoms with E-state index in [4.69, 9.17) is 11.6 Å². The third-order valence-electron chi connectivity index (χ3n) is 3.20. The highest BCUT2D eigenvalue weighted by molar-refractivity contribution is 7.91. The van der Waals surface area contributed by atoms with E-state index in [1.165, 1.54) is 4.57 Å². The molecule has 1 aliphatic heterocycles. The monoisotopic (exact) mass is 283 g/mol. The molecule has 3 rings (SSSR count). The molecular formula is C12H10ClNO3S. The van der Waals surface area contributed by atoms with Gasteiger partial charge in [0.15, 0.2) is 9.84 Å². The zero-order valence-corrected chi connectivity index (χ0v) is 11.1. The van der Waals surface area contributed by atoms with Crippen LogP contribution in [-0.4, -0.2) is 18.7 Å². The molecule has 1 aromatic heterocycles. The van der Waals surface area contributed by atoms with Crippen LogP contribution < -0.4 is 5.56 Å². The van der Waals surface area contributed by atoms with Crippen LogP contribution in [0.15, 0.2) is 34.1 Å². The second kappa shape index (κ2) is 3.59. The first-order valence-electron chi connectivity index (χ1n) is 5.48. The molecule has 1 aliphatic rings. The maximum Gasteiger partial charge on any atom is 0.259 e. The molecule has 2 aromatic rings. The smallest absolute Gasteiger partial charge is 0.259 e. The molecule has 0 saturated heterocycles. The minimum absolute atomic E-state index is 0.0215. The summed E-state index contributed by atoms with van der Waals surface area (Å²) in [6.45, 7) is 1.73. The van der Waals surface area contributed by atoms with Gasteiger partial charge in [0.1, 0.15) is 5.03 Å². The van der Waals surface area contributed by atoms with Crippen LogP contribution in [0, 0.1) is 0 Å². The molecule has 1 aromatic carbocycles. The molecule has 0 bridgehead atoms. The van der Waals surface area contributed by atoms with E-state index < -0.39 is 9.84 Å². The van der Waals surface area contributed by atoms with Gasteiger partial charge >= 0.3 is 0 Å². The summed E-state index contributed by atoms with van der Waals surface area (Å²) in [4.78, 5) is 12.3. The lowest BCUT2D eigenvalue weighted by atomic mass is 10.1. The van der Waals surface area contributed by atoms with E-state index in [2.05, 4.69) is 0 Å². The minimum Gasteiger partial charge on any atom is -0.295 e. The molecule has 18 heavy (non-hydrogen) atoms. The minimum atomic E-state index is -3.35. The van der Waals surface area contributed by atoms with Crippen LogP contribution in [0.4, 0.5) is 0 Å². The van der Waals surface area contributed by atoms with E-state index in [9.17, 15) is 13.2 Å². The van der Waals surface area contributed by atoms with Crippen molar-refractivity contribution in [3.8, 4) is 0 Å². The first kappa shape index (κ1) is 11.7. The second-order valence-corrected chi connectivity index (χ2v) is 6.94. The quantitative estimate of drug-likeness (QED) is 0.743. The van der Waals surface area contributed by atoms with Gasteiger partial charge in [0.2, 0.25) is 0 Å². The Morgan fingerprint density at radius 1 is 1.33 bits per heavy atom. The Kier molecular flexibility index (Phi) is 2.34. The van der Waals surface area contributed by atoms with Crippen molar-refractivity contribution in [2.24, 2.45) is 0 Å². The van der Waals surface area contributed by atoms with Crippen LogP contribution >= 0.6 is 11.6 Å². The zero-order chi connectivity index (χ0) is 13.1. The molecule has 0 amide bonds. The average Bonchev–Trinajstić information content (AvgIpc) is 2.51. The van der Waals surface area contributed by atoms with Gasteiger partial charge in [-0.3, -0.25) is 9.36 Å². The fourth-order valence-corrected chi connectivity index (χ4v) is 4.40. The SMILES string of the molecule is CC1CS(=O)(=O)c2cc3ccc(Cl)cc3c(=O)n21. The summed E-state index contributed by atoms with van der Waals surface area (Å²) < 4.78 is 25.2. The topological polar surface area (TPSA) is 56.1 Å². The molecule has 0 radical (unpaired) electrons. The van der Waals surface area contributed by atoms with E-state index in [1.54, 1.807) is 31.2 Å². The van der Waals surface area contributed by atoms with Gasteiger partial charge in [-0.2, -0.15) is 0 Å². The number of nitrogens with zero attached hydrogens (tertiary/aromatic N) is 1. The lowest BCUT2D eigenvalue weighted by Crippen LogP contribution is -2.22.